The molecule has 4 heteroatoms. The minimum atomic E-state index is -3.01. The summed E-state index contributed by atoms with van der Waals surface area (Å²) in [6.07, 6.45) is 7.59. The largest absolute Gasteiger partial charge is 0.147 e. The van der Waals surface area contributed by atoms with Gasteiger partial charge in [0.2, 0.25) is 0 Å². The summed E-state index contributed by atoms with van der Waals surface area (Å²) in [4.78, 5) is 0. The van der Waals surface area contributed by atoms with Gasteiger partial charge in [0.1, 0.15) is 0 Å². The Morgan fingerprint density at radius 3 is 1.36 bits per heavy atom. The van der Waals surface area contributed by atoms with Crippen LogP contribution in [0.4, 0.5) is 0 Å². The maximum atomic E-state index is 2.69. The molecule has 2 aliphatic rings. The summed E-state index contributed by atoms with van der Waals surface area (Å²) < 4.78 is 7.15. The molecule has 0 saturated heterocycles. The molecular weight excluding hydrogens is 406 g/mol. The van der Waals surface area contributed by atoms with Gasteiger partial charge in [0, 0.05) is 0 Å². The zero-order chi connectivity index (χ0) is 15.3. The molecular formula is C18H32Cl2SiZr. The topological polar surface area (TPSA) is 0 Å². The van der Waals surface area contributed by atoms with Gasteiger partial charge in [0.25, 0.3) is 0 Å². The Labute approximate surface area is 151 Å². The average Bonchev–Trinajstić information content (AvgIpc) is 2.85. The fraction of sp³-hybridized carbons (Fsp3) is 0.556. The van der Waals surface area contributed by atoms with Crippen LogP contribution in [0.2, 0.25) is 8.26 Å². The molecule has 0 N–H and O–H groups in total. The van der Waals surface area contributed by atoms with E-state index in [1.807, 2.05) is 6.56 Å². The maximum absolute atomic E-state index is 3.01. The van der Waals surface area contributed by atoms with Crippen LogP contribution < -0.4 is 0 Å². The molecule has 126 valence electrons. The van der Waals surface area contributed by atoms with E-state index in [9.17, 15) is 0 Å². The summed E-state index contributed by atoms with van der Waals surface area (Å²) in [6.45, 7) is 16.6. The molecule has 0 bridgehead atoms. The molecule has 0 aromatic heterocycles. The minimum absolute atomic E-state index is 0. The number of hydrogen-bond donors (Lipinski definition) is 0. The van der Waals surface area contributed by atoms with Crippen LogP contribution in [0.25, 0.3) is 0 Å². The van der Waals surface area contributed by atoms with Gasteiger partial charge in [-0.25, -0.2) is 0 Å². The fourth-order valence-electron chi connectivity index (χ4n) is 3.56. The smallest absolute Gasteiger partial charge is 0.147 e. The molecule has 0 atom stereocenters. The van der Waals surface area contributed by atoms with Crippen LogP contribution in [-0.2, 0) is 17.4 Å². The first-order valence-corrected chi connectivity index (χ1v) is 20.1. The van der Waals surface area contributed by atoms with Gasteiger partial charge in [-0.2, -0.15) is 0 Å². The summed E-state index contributed by atoms with van der Waals surface area (Å²) in [5.74, 6) is 0. The van der Waals surface area contributed by atoms with Gasteiger partial charge in [-0.1, -0.05) is 0 Å². The summed E-state index contributed by atoms with van der Waals surface area (Å²) in [5.41, 5.74) is 6.23. The van der Waals surface area contributed by atoms with Gasteiger partial charge in [0.15, 0.2) is 0 Å². The van der Waals surface area contributed by atoms with Crippen LogP contribution in [0.15, 0.2) is 41.0 Å². The molecule has 0 radical (unpaired) electrons. The third-order valence-electron chi connectivity index (χ3n) is 6.39. The van der Waals surface area contributed by atoms with Crippen LogP contribution >= 0.6 is 24.8 Å². The van der Waals surface area contributed by atoms with Crippen molar-refractivity contribution < 1.29 is 17.4 Å². The molecule has 0 aromatic carbocycles. The van der Waals surface area contributed by atoms with Crippen LogP contribution in [0, 0.1) is 0 Å². The second-order valence-electron chi connectivity index (χ2n) is 7.89. The van der Waals surface area contributed by atoms with E-state index in [0.717, 1.165) is 3.63 Å². The normalized spacial score (nSPS) is 19.1. The monoisotopic (exact) mass is 436 g/mol. The molecule has 2 rings (SSSR count). The number of halogens is 2. The van der Waals surface area contributed by atoms with Crippen LogP contribution in [0.1, 0.15) is 54.4 Å². The number of allylic oxidation sites excluding steroid dienone is 8. The van der Waals surface area contributed by atoms with Crippen molar-refractivity contribution in [3.63, 3.8) is 0 Å². The van der Waals surface area contributed by atoms with Crippen molar-refractivity contribution in [2.24, 2.45) is 0 Å². The quantitative estimate of drug-likeness (QED) is 0.461. The Hall–Kier alpha value is 0.640. The third kappa shape index (κ3) is 3.37. The molecule has 0 saturated carbocycles. The summed E-state index contributed by atoms with van der Waals surface area (Å²) in [6, 6.07) is 0. The first kappa shape index (κ1) is 22.6. The Kier molecular flexibility index (Phi) is 7.47. The van der Waals surface area contributed by atoms with E-state index < -0.39 is 17.4 Å². The fourth-order valence-corrected chi connectivity index (χ4v) is 17.7. The van der Waals surface area contributed by atoms with Gasteiger partial charge < -0.3 is 0 Å². The molecule has 0 aliphatic heterocycles. The van der Waals surface area contributed by atoms with Crippen molar-refractivity contribution in [3.8, 4) is 0 Å². The first-order valence-electron chi connectivity index (χ1n) is 7.87. The Balaban J connectivity index is 0.00000220. The standard InChI is InChI=1S/2C7H9.C3H7.CH3.2ClH.H2Si.Zr/c2*1-6-4-3-5-7(6)2;1-3-2;;;;;/h2*4H,5H2,1-2H3;3H,1-2H3;1H3;2*1H;1H2;. The number of hydrogen-bond acceptors (Lipinski definition) is 0. The summed E-state index contributed by atoms with van der Waals surface area (Å²) in [5, 5.41) is 0. The molecule has 22 heavy (non-hydrogen) atoms. The molecule has 0 spiro atoms. The van der Waals surface area contributed by atoms with Crippen LogP contribution in [0.5, 0.6) is 0 Å². The number of rotatable bonds is 3. The molecule has 0 unspecified atom stereocenters. The minimum Gasteiger partial charge on any atom is -0.147 e. The van der Waals surface area contributed by atoms with E-state index in [1.165, 1.54) is 24.0 Å². The Morgan fingerprint density at radius 2 is 1.18 bits per heavy atom. The van der Waals surface area contributed by atoms with Crippen molar-refractivity contribution in [1.82, 2.24) is 0 Å². The Bertz CT molecular complexity index is 615. The van der Waals surface area contributed by atoms with Gasteiger partial charge in [-0.3, -0.25) is 0 Å². The molecule has 0 aromatic rings. The molecule has 0 amide bonds. The van der Waals surface area contributed by atoms with Crippen molar-refractivity contribution in [1.29, 1.82) is 0 Å². The van der Waals surface area contributed by atoms with E-state index in [2.05, 4.69) is 65.2 Å². The predicted molar refractivity (Wildman–Crippen MR) is 106 cm³/mol. The van der Waals surface area contributed by atoms with Gasteiger partial charge in [-0.15, -0.1) is 24.8 Å². The summed E-state index contributed by atoms with van der Waals surface area (Å²) in [7, 11) is 0. The van der Waals surface area contributed by atoms with Crippen molar-refractivity contribution in [2.45, 2.75) is 62.6 Å². The summed E-state index contributed by atoms with van der Waals surface area (Å²) >= 11 is -3.01. The van der Waals surface area contributed by atoms with E-state index in [-0.39, 0.29) is 24.8 Å². The maximum Gasteiger partial charge on any atom is -0.147 e. The Morgan fingerprint density at radius 1 is 0.864 bits per heavy atom. The SMILES string of the molecule is CC1=C(C)C[C]([Zr]([CH3])(=[SiH2])([C]2=CC(C)=C(C)C2)[CH](C)C)=C1.Cl.Cl. The molecule has 0 fully saturated rings. The van der Waals surface area contributed by atoms with E-state index >= 15 is 0 Å². The van der Waals surface area contributed by atoms with Crippen LogP contribution in [-0.4, -0.2) is 6.88 Å². The van der Waals surface area contributed by atoms with Crippen LogP contribution in [0.3, 0.4) is 0 Å². The zero-order valence-electron chi connectivity index (χ0n) is 15.2. The predicted octanol–water partition coefficient (Wildman–Crippen LogP) is 6.19. The van der Waals surface area contributed by atoms with Crippen molar-refractivity contribution >= 4 is 31.7 Å². The second kappa shape index (κ2) is 7.26. The van der Waals surface area contributed by atoms with Gasteiger partial charge >= 0.3 is 128 Å². The van der Waals surface area contributed by atoms with Crippen molar-refractivity contribution in [3.05, 3.63) is 41.0 Å². The van der Waals surface area contributed by atoms with E-state index in [4.69, 9.17) is 0 Å². The average molecular weight is 439 g/mol. The van der Waals surface area contributed by atoms with Gasteiger partial charge in [-0.05, 0) is 0 Å². The molecule has 0 heterocycles. The van der Waals surface area contributed by atoms with Gasteiger partial charge in [0.05, 0.1) is 0 Å². The second-order valence-corrected chi connectivity index (χ2v) is 35.1. The molecule has 2 aliphatic carbocycles. The van der Waals surface area contributed by atoms with Crippen molar-refractivity contribution in [2.75, 3.05) is 0 Å². The van der Waals surface area contributed by atoms with E-state index in [0.29, 0.717) is 0 Å². The third-order valence-corrected chi connectivity index (χ3v) is 34.6. The molecule has 0 nitrogen and oxygen atoms in total. The van der Waals surface area contributed by atoms with E-state index in [1.54, 1.807) is 11.1 Å². The zero-order valence-corrected chi connectivity index (χ0v) is 20.7. The first-order chi connectivity index (χ1) is 9.07.